The highest BCUT2D eigenvalue weighted by Crippen LogP contribution is 2.16. The minimum absolute atomic E-state index is 0.00128. The van der Waals surface area contributed by atoms with Crippen molar-refractivity contribution in [2.45, 2.75) is 19.8 Å². The average molecular weight is 211 g/mol. The largest absolute Gasteiger partial charge is 0.481 e. The predicted molar refractivity (Wildman–Crippen MR) is 52.8 cm³/mol. The molecule has 0 aromatic carbocycles. The van der Waals surface area contributed by atoms with Gasteiger partial charge >= 0.3 is 11.9 Å². The molecule has 0 amide bonds. The van der Waals surface area contributed by atoms with Crippen molar-refractivity contribution in [1.82, 2.24) is 4.98 Å². The number of ether oxygens (including phenoxy) is 1. The standard InChI is InChI=1S/C10H13NO4/c1-6-9(10(14)15-2)7(5-11-6)3-4-8(12)13/h5,11H,3-4H2,1-2H3,(H,12,13). The molecule has 0 saturated heterocycles. The summed E-state index contributed by atoms with van der Waals surface area (Å²) in [4.78, 5) is 24.7. The molecule has 0 fully saturated rings. The highest BCUT2D eigenvalue weighted by Gasteiger charge is 2.16. The number of aromatic amines is 1. The number of nitrogens with one attached hydrogen (secondary N) is 1. The fourth-order valence-corrected chi connectivity index (χ4v) is 1.41. The SMILES string of the molecule is COC(=O)c1c(CCC(=O)O)c[nH]c1C. The van der Waals surface area contributed by atoms with Gasteiger partial charge in [-0.1, -0.05) is 0 Å². The molecule has 2 N–H and O–H groups in total. The molecular formula is C10H13NO4. The molecule has 0 aliphatic rings. The lowest BCUT2D eigenvalue weighted by atomic mass is 10.1. The molecule has 15 heavy (non-hydrogen) atoms. The molecule has 0 aliphatic carbocycles. The maximum absolute atomic E-state index is 11.4. The molecular weight excluding hydrogens is 198 g/mol. The van der Waals surface area contributed by atoms with Gasteiger partial charge in [0.05, 0.1) is 12.7 Å². The molecule has 0 bridgehead atoms. The number of esters is 1. The summed E-state index contributed by atoms with van der Waals surface area (Å²) in [6.07, 6.45) is 1.97. The maximum atomic E-state index is 11.4. The van der Waals surface area contributed by atoms with Crippen LogP contribution in [0.3, 0.4) is 0 Å². The van der Waals surface area contributed by atoms with Crippen molar-refractivity contribution in [1.29, 1.82) is 0 Å². The molecule has 1 heterocycles. The Kier molecular flexibility index (Phi) is 3.49. The van der Waals surface area contributed by atoms with Gasteiger partial charge in [-0.15, -0.1) is 0 Å². The maximum Gasteiger partial charge on any atom is 0.339 e. The lowest BCUT2D eigenvalue weighted by molar-refractivity contribution is -0.136. The molecule has 1 aromatic rings. The first-order valence-electron chi connectivity index (χ1n) is 4.53. The molecule has 82 valence electrons. The average Bonchev–Trinajstić information content (AvgIpc) is 2.55. The fraction of sp³-hybridized carbons (Fsp3) is 0.400. The van der Waals surface area contributed by atoms with E-state index in [2.05, 4.69) is 9.72 Å². The molecule has 0 aliphatic heterocycles. The van der Waals surface area contributed by atoms with Crippen LogP contribution in [0.2, 0.25) is 0 Å². The van der Waals surface area contributed by atoms with Crippen molar-refractivity contribution in [3.05, 3.63) is 23.0 Å². The topological polar surface area (TPSA) is 79.4 Å². The van der Waals surface area contributed by atoms with Gasteiger partial charge in [-0.05, 0) is 18.9 Å². The van der Waals surface area contributed by atoms with E-state index in [9.17, 15) is 9.59 Å². The van der Waals surface area contributed by atoms with Gasteiger partial charge < -0.3 is 14.8 Å². The summed E-state index contributed by atoms with van der Waals surface area (Å²) in [6.45, 7) is 1.75. The predicted octanol–water partition coefficient (Wildman–Crippen LogP) is 1.13. The Hall–Kier alpha value is -1.78. The van der Waals surface area contributed by atoms with E-state index in [1.165, 1.54) is 7.11 Å². The van der Waals surface area contributed by atoms with E-state index in [1.807, 2.05) is 0 Å². The van der Waals surface area contributed by atoms with E-state index in [0.717, 1.165) is 0 Å². The zero-order valence-electron chi connectivity index (χ0n) is 8.66. The van der Waals surface area contributed by atoms with Crippen LogP contribution < -0.4 is 0 Å². The Balaban J connectivity index is 2.88. The van der Waals surface area contributed by atoms with Gasteiger partial charge in [0.15, 0.2) is 0 Å². The highest BCUT2D eigenvalue weighted by molar-refractivity contribution is 5.92. The van der Waals surface area contributed by atoms with Gasteiger partial charge in [-0.25, -0.2) is 4.79 Å². The van der Waals surface area contributed by atoms with Crippen LogP contribution >= 0.6 is 0 Å². The summed E-state index contributed by atoms with van der Waals surface area (Å²) in [6, 6.07) is 0. The Bertz CT molecular complexity index is 381. The van der Waals surface area contributed by atoms with Gasteiger partial charge in [0.2, 0.25) is 0 Å². The molecule has 1 aromatic heterocycles. The molecule has 0 atom stereocenters. The van der Waals surface area contributed by atoms with E-state index in [0.29, 0.717) is 23.2 Å². The molecule has 0 spiro atoms. The van der Waals surface area contributed by atoms with E-state index < -0.39 is 11.9 Å². The van der Waals surface area contributed by atoms with E-state index in [1.54, 1.807) is 13.1 Å². The summed E-state index contributed by atoms with van der Waals surface area (Å²) < 4.78 is 4.62. The van der Waals surface area contributed by atoms with E-state index in [4.69, 9.17) is 5.11 Å². The lowest BCUT2D eigenvalue weighted by Gasteiger charge is -2.01. The van der Waals surface area contributed by atoms with Crippen LogP contribution in [-0.2, 0) is 16.0 Å². The number of aromatic nitrogens is 1. The monoisotopic (exact) mass is 211 g/mol. The normalized spacial score (nSPS) is 10.0. The second kappa shape index (κ2) is 4.63. The third kappa shape index (κ3) is 2.59. The van der Waals surface area contributed by atoms with Crippen LogP contribution in [0.1, 0.15) is 28.0 Å². The van der Waals surface area contributed by atoms with Crippen molar-refractivity contribution in [3.63, 3.8) is 0 Å². The lowest BCUT2D eigenvalue weighted by Crippen LogP contribution is -2.06. The molecule has 0 radical (unpaired) electrons. The Morgan fingerprint density at radius 3 is 2.73 bits per heavy atom. The number of methoxy groups -OCH3 is 1. The van der Waals surface area contributed by atoms with Crippen LogP contribution in [0.25, 0.3) is 0 Å². The Labute approximate surface area is 87.1 Å². The minimum Gasteiger partial charge on any atom is -0.481 e. The van der Waals surface area contributed by atoms with Gasteiger partial charge in [0.1, 0.15) is 0 Å². The summed E-state index contributed by atoms with van der Waals surface area (Å²) in [5.74, 6) is -1.32. The second-order valence-corrected chi connectivity index (χ2v) is 3.20. The third-order valence-corrected chi connectivity index (χ3v) is 2.16. The van der Waals surface area contributed by atoms with Gasteiger partial charge in [-0.2, -0.15) is 0 Å². The van der Waals surface area contributed by atoms with Crippen molar-refractivity contribution >= 4 is 11.9 Å². The summed E-state index contributed by atoms with van der Waals surface area (Å²) in [5.41, 5.74) is 1.82. The fourth-order valence-electron chi connectivity index (χ4n) is 1.41. The van der Waals surface area contributed by atoms with Crippen LogP contribution in [0.4, 0.5) is 0 Å². The molecule has 0 saturated carbocycles. The van der Waals surface area contributed by atoms with Crippen LogP contribution in [0.15, 0.2) is 6.20 Å². The molecule has 5 nitrogen and oxygen atoms in total. The number of carboxylic acids is 1. The number of carbonyl (C=O) groups excluding carboxylic acids is 1. The smallest absolute Gasteiger partial charge is 0.339 e. The van der Waals surface area contributed by atoms with E-state index in [-0.39, 0.29) is 6.42 Å². The van der Waals surface area contributed by atoms with Gasteiger partial charge in [0.25, 0.3) is 0 Å². The number of hydrogen-bond acceptors (Lipinski definition) is 3. The number of hydrogen-bond donors (Lipinski definition) is 2. The summed E-state index contributed by atoms with van der Waals surface area (Å²) >= 11 is 0. The zero-order valence-corrected chi connectivity index (χ0v) is 8.66. The quantitative estimate of drug-likeness (QED) is 0.731. The highest BCUT2D eigenvalue weighted by atomic mass is 16.5. The number of carboxylic acid groups (broad SMARTS) is 1. The summed E-state index contributed by atoms with van der Waals surface area (Å²) in [5, 5.41) is 8.54. The second-order valence-electron chi connectivity index (χ2n) is 3.20. The van der Waals surface area contributed by atoms with Crippen molar-refractivity contribution in [3.8, 4) is 0 Å². The van der Waals surface area contributed by atoms with Crippen LogP contribution in [0, 0.1) is 6.92 Å². The number of aryl methyl sites for hydroxylation is 2. The molecule has 0 unspecified atom stereocenters. The van der Waals surface area contributed by atoms with E-state index >= 15 is 0 Å². The Morgan fingerprint density at radius 2 is 2.20 bits per heavy atom. The number of carbonyl (C=O) groups is 2. The van der Waals surface area contributed by atoms with Crippen LogP contribution in [0.5, 0.6) is 0 Å². The third-order valence-electron chi connectivity index (χ3n) is 2.16. The van der Waals surface area contributed by atoms with Crippen molar-refractivity contribution in [2.24, 2.45) is 0 Å². The minimum atomic E-state index is -0.885. The first kappa shape index (κ1) is 11.3. The van der Waals surface area contributed by atoms with Gasteiger partial charge in [-0.3, -0.25) is 4.79 Å². The van der Waals surface area contributed by atoms with Gasteiger partial charge in [0, 0.05) is 18.3 Å². The number of aliphatic carboxylic acids is 1. The van der Waals surface area contributed by atoms with Crippen LogP contribution in [-0.4, -0.2) is 29.1 Å². The van der Waals surface area contributed by atoms with Crippen molar-refractivity contribution < 1.29 is 19.4 Å². The summed E-state index contributed by atoms with van der Waals surface area (Å²) in [7, 11) is 1.30. The first-order valence-corrected chi connectivity index (χ1v) is 4.53. The first-order chi connectivity index (χ1) is 7.06. The number of rotatable bonds is 4. The van der Waals surface area contributed by atoms with Crippen molar-refractivity contribution in [2.75, 3.05) is 7.11 Å². The molecule has 1 rings (SSSR count). The Morgan fingerprint density at radius 1 is 1.53 bits per heavy atom. The zero-order chi connectivity index (χ0) is 11.4. The molecule has 5 heteroatoms. The number of H-pyrrole nitrogens is 1.